The van der Waals surface area contributed by atoms with Crippen LogP contribution in [-0.4, -0.2) is 30.4 Å². The van der Waals surface area contributed by atoms with Crippen LogP contribution in [0.3, 0.4) is 0 Å². The molecule has 12 nitrogen and oxygen atoms in total. The molecule has 33 heavy (non-hydrogen) atoms. The maximum atomic E-state index is 12.5. The molecule has 0 saturated heterocycles. The van der Waals surface area contributed by atoms with Gasteiger partial charge in [-0.05, 0) is 36.4 Å². The highest BCUT2D eigenvalue weighted by Crippen LogP contribution is 2.23. The van der Waals surface area contributed by atoms with Crippen molar-refractivity contribution >= 4 is 33.6 Å². The maximum absolute atomic E-state index is 12.5. The van der Waals surface area contributed by atoms with Gasteiger partial charge < -0.3 is 4.18 Å². The molecule has 13 heteroatoms. The van der Waals surface area contributed by atoms with Crippen molar-refractivity contribution in [2.75, 3.05) is 0 Å². The van der Waals surface area contributed by atoms with Gasteiger partial charge in [0.25, 0.3) is 17.3 Å². The highest BCUT2D eigenvalue weighted by atomic mass is 32.2. The Morgan fingerprint density at radius 1 is 0.879 bits per heavy atom. The number of benzene rings is 3. The van der Waals surface area contributed by atoms with Crippen LogP contribution in [0, 0.1) is 20.2 Å². The second-order valence-corrected chi connectivity index (χ2v) is 7.88. The third-order valence-electron chi connectivity index (χ3n) is 4.16. The Labute approximate surface area is 186 Å². The number of para-hydroxylation sites is 1. The number of hydrazone groups is 1. The van der Waals surface area contributed by atoms with E-state index in [4.69, 9.17) is 4.18 Å². The quantitative estimate of drug-likeness (QED) is 0.226. The minimum absolute atomic E-state index is 0.0933. The van der Waals surface area contributed by atoms with Gasteiger partial charge in [0.15, 0.2) is 5.75 Å². The molecule has 3 aromatic rings. The lowest BCUT2D eigenvalue weighted by atomic mass is 10.2. The van der Waals surface area contributed by atoms with Gasteiger partial charge in [-0.25, -0.2) is 5.43 Å². The second-order valence-electron chi connectivity index (χ2n) is 6.33. The Kier molecular flexibility index (Phi) is 6.74. The molecular weight excluding hydrogens is 456 g/mol. The Bertz CT molecular complexity index is 1340. The van der Waals surface area contributed by atoms with Crippen molar-refractivity contribution in [1.29, 1.82) is 0 Å². The number of amides is 1. The predicted octanol–water partition coefficient (Wildman–Crippen LogP) is 3.03. The molecule has 0 radical (unpaired) electrons. The van der Waals surface area contributed by atoms with Crippen LogP contribution in [0.4, 0.5) is 11.4 Å². The number of carbonyl (C=O) groups is 1. The average molecular weight is 470 g/mol. The summed E-state index contributed by atoms with van der Waals surface area (Å²) in [5, 5.41) is 25.2. The third-order valence-corrected chi connectivity index (χ3v) is 5.41. The van der Waals surface area contributed by atoms with E-state index in [2.05, 4.69) is 10.5 Å². The van der Waals surface area contributed by atoms with Crippen molar-refractivity contribution in [2.24, 2.45) is 5.10 Å². The van der Waals surface area contributed by atoms with Crippen LogP contribution in [0.2, 0.25) is 0 Å². The van der Waals surface area contributed by atoms with Crippen molar-refractivity contribution in [3.8, 4) is 5.75 Å². The molecule has 1 amide bonds. The van der Waals surface area contributed by atoms with E-state index in [9.17, 15) is 33.4 Å². The van der Waals surface area contributed by atoms with Gasteiger partial charge in [-0.3, -0.25) is 25.0 Å². The Morgan fingerprint density at radius 2 is 1.42 bits per heavy atom. The van der Waals surface area contributed by atoms with Crippen LogP contribution < -0.4 is 9.61 Å². The zero-order valence-electron chi connectivity index (χ0n) is 16.5. The normalized spacial score (nSPS) is 11.2. The fourth-order valence-corrected chi connectivity index (χ4v) is 3.48. The molecule has 3 rings (SSSR count). The van der Waals surface area contributed by atoms with Crippen molar-refractivity contribution in [3.05, 3.63) is 104 Å². The number of hydrogen-bond donors (Lipinski definition) is 1. The minimum Gasteiger partial charge on any atom is -0.378 e. The van der Waals surface area contributed by atoms with Crippen LogP contribution in [0.25, 0.3) is 0 Å². The van der Waals surface area contributed by atoms with Crippen molar-refractivity contribution < 1.29 is 27.2 Å². The zero-order chi connectivity index (χ0) is 24.0. The molecule has 168 valence electrons. The lowest BCUT2D eigenvalue weighted by Gasteiger charge is -2.09. The van der Waals surface area contributed by atoms with Gasteiger partial charge in [-0.15, -0.1) is 0 Å². The predicted molar refractivity (Wildman–Crippen MR) is 116 cm³/mol. The van der Waals surface area contributed by atoms with E-state index < -0.39 is 25.9 Å². The van der Waals surface area contributed by atoms with Crippen LogP contribution in [0.15, 0.2) is 82.8 Å². The SMILES string of the molecule is O=C(N/N=C\c1ccccc1OS(=O)(=O)c1ccc([N+](=O)[O-])cc1)c1ccc([N+](=O)[O-])cc1. The van der Waals surface area contributed by atoms with Gasteiger partial charge >= 0.3 is 10.1 Å². The molecule has 0 aliphatic rings. The topological polar surface area (TPSA) is 171 Å². The molecule has 0 fully saturated rings. The molecule has 0 aromatic heterocycles. The monoisotopic (exact) mass is 470 g/mol. The zero-order valence-corrected chi connectivity index (χ0v) is 17.3. The molecule has 0 unspecified atom stereocenters. The highest BCUT2D eigenvalue weighted by Gasteiger charge is 2.19. The molecule has 0 spiro atoms. The van der Waals surface area contributed by atoms with E-state index >= 15 is 0 Å². The largest absolute Gasteiger partial charge is 0.378 e. The van der Waals surface area contributed by atoms with Crippen LogP contribution in [0.5, 0.6) is 5.75 Å². The first kappa shape index (κ1) is 23.0. The van der Waals surface area contributed by atoms with E-state index in [0.29, 0.717) is 0 Å². The van der Waals surface area contributed by atoms with Gasteiger partial charge in [0.1, 0.15) is 4.90 Å². The van der Waals surface area contributed by atoms with Crippen molar-refractivity contribution in [2.45, 2.75) is 4.90 Å². The van der Waals surface area contributed by atoms with Crippen LogP contribution in [0.1, 0.15) is 15.9 Å². The Balaban J connectivity index is 1.73. The average Bonchev–Trinajstić information content (AvgIpc) is 2.80. The Morgan fingerprint density at radius 3 is 2.00 bits per heavy atom. The lowest BCUT2D eigenvalue weighted by molar-refractivity contribution is -0.385. The van der Waals surface area contributed by atoms with Crippen molar-refractivity contribution in [1.82, 2.24) is 5.43 Å². The van der Waals surface area contributed by atoms with E-state index in [1.165, 1.54) is 42.5 Å². The Hall–Kier alpha value is -4.65. The molecule has 0 aliphatic heterocycles. The number of rotatable bonds is 8. The van der Waals surface area contributed by atoms with E-state index in [-0.39, 0.29) is 33.1 Å². The van der Waals surface area contributed by atoms with Crippen LogP contribution >= 0.6 is 0 Å². The summed E-state index contributed by atoms with van der Waals surface area (Å²) in [7, 11) is -4.30. The smallest absolute Gasteiger partial charge is 0.339 e. The first-order valence-electron chi connectivity index (χ1n) is 9.03. The maximum Gasteiger partial charge on any atom is 0.339 e. The first-order chi connectivity index (χ1) is 15.7. The van der Waals surface area contributed by atoms with Gasteiger partial charge in [0.05, 0.1) is 16.1 Å². The number of nitrogens with one attached hydrogen (secondary N) is 1. The fraction of sp³-hybridized carbons (Fsp3) is 0. The van der Waals surface area contributed by atoms with Crippen LogP contribution in [-0.2, 0) is 10.1 Å². The van der Waals surface area contributed by atoms with E-state index in [1.54, 1.807) is 6.07 Å². The summed E-state index contributed by atoms with van der Waals surface area (Å²) in [5.74, 6) is -0.734. The number of carbonyl (C=O) groups excluding carboxylic acids is 1. The standard InChI is InChI=1S/C20H14N4O8S/c25-20(14-5-7-16(8-6-14)23(26)27)22-21-13-15-3-1-2-4-19(15)32-33(30,31)18-11-9-17(10-12-18)24(28)29/h1-13H,(H,22,25)/b21-13-. The molecule has 0 heterocycles. The summed E-state index contributed by atoms with van der Waals surface area (Å²) in [5.41, 5.74) is 2.13. The number of hydrogen-bond acceptors (Lipinski definition) is 9. The van der Waals surface area contributed by atoms with Gasteiger partial charge in [-0.1, -0.05) is 12.1 Å². The molecule has 0 aliphatic carbocycles. The van der Waals surface area contributed by atoms with Gasteiger partial charge in [0.2, 0.25) is 0 Å². The number of nitrogens with zero attached hydrogens (tertiary/aromatic N) is 3. The lowest BCUT2D eigenvalue weighted by Crippen LogP contribution is -2.17. The van der Waals surface area contributed by atoms with Gasteiger partial charge in [-0.2, -0.15) is 13.5 Å². The summed E-state index contributed by atoms with van der Waals surface area (Å²) in [6.07, 6.45) is 1.16. The van der Waals surface area contributed by atoms with Gasteiger partial charge in [0, 0.05) is 35.4 Å². The fourth-order valence-electron chi connectivity index (χ4n) is 2.52. The molecule has 0 atom stereocenters. The summed E-state index contributed by atoms with van der Waals surface area (Å²) >= 11 is 0. The molecule has 3 aromatic carbocycles. The van der Waals surface area contributed by atoms with E-state index in [1.807, 2.05) is 0 Å². The molecule has 1 N–H and O–H groups in total. The molecule has 0 saturated carbocycles. The second kappa shape index (κ2) is 9.65. The highest BCUT2D eigenvalue weighted by molar-refractivity contribution is 7.87. The number of non-ortho nitro benzene ring substituents is 2. The number of nitro groups is 2. The third kappa shape index (κ3) is 5.74. The summed E-state index contributed by atoms with van der Waals surface area (Å²) in [6.45, 7) is 0. The summed E-state index contributed by atoms with van der Waals surface area (Å²) in [6, 6.07) is 15.0. The van der Waals surface area contributed by atoms with Crippen molar-refractivity contribution in [3.63, 3.8) is 0 Å². The first-order valence-corrected chi connectivity index (χ1v) is 10.4. The minimum atomic E-state index is -4.30. The molecular formula is C20H14N4O8S. The summed E-state index contributed by atoms with van der Waals surface area (Å²) in [4.78, 5) is 32.0. The molecule has 0 bridgehead atoms. The number of nitro benzene ring substituents is 2. The summed E-state index contributed by atoms with van der Waals surface area (Å²) < 4.78 is 30.2. The van der Waals surface area contributed by atoms with E-state index in [0.717, 1.165) is 30.5 Å².